The Labute approximate surface area is 77.8 Å². The van der Waals surface area contributed by atoms with Crippen molar-refractivity contribution in [3.8, 4) is 0 Å². The third-order valence-electron chi connectivity index (χ3n) is 2.87. The first-order chi connectivity index (χ1) is 6.33. The minimum absolute atomic E-state index is 0.0219. The number of aliphatic hydroxyl groups excluding tert-OH is 1. The average Bonchev–Trinajstić information content (AvgIpc) is 2.05. The lowest BCUT2D eigenvalue weighted by molar-refractivity contribution is 0.275. The standard InChI is InChI=1S/C10H14N2O/c1-7-9(5-13)11-6-12-10(7)8-3-2-4-8/h6,8,13H,2-5H2,1H3. The molecule has 2 rings (SSSR count). The fourth-order valence-electron chi connectivity index (χ4n) is 1.75. The normalized spacial score (nSPS) is 17.1. The van der Waals surface area contributed by atoms with Gasteiger partial charge in [0.2, 0.25) is 0 Å². The molecule has 0 aliphatic heterocycles. The first-order valence-corrected chi connectivity index (χ1v) is 4.74. The molecule has 1 fully saturated rings. The SMILES string of the molecule is Cc1c(CO)ncnc1C1CCC1. The lowest BCUT2D eigenvalue weighted by atomic mass is 9.81. The zero-order valence-electron chi connectivity index (χ0n) is 7.82. The average molecular weight is 178 g/mol. The fourth-order valence-corrected chi connectivity index (χ4v) is 1.75. The summed E-state index contributed by atoms with van der Waals surface area (Å²) in [5.74, 6) is 0.619. The predicted molar refractivity (Wildman–Crippen MR) is 49.3 cm³/mol. The highest BCUT2D eigenvalue weighted by atomic mass is 16.3. The lowest BCUT2D eigenvalue weighted by Gasteiger charge is -2.26. The Morgan fingerprint density at radius 2 is 2.23 bits per heavy atom. The van der Waals surface area contributed by atoms with Gasteiger partial charge in [-0.3, -0.25) is 0 Å². The largest absolute Gasteiger partial charge is 0.390 e. The molecule has 1 aromatic rings. The maximum Gasteiger partial charge on any atom is 0.116 e. The summed E-state index contributed by atoms with van der Waals surface area (Å²) in [6, 6.07) is 0. The van der Waals surface area contributed by atoms with Gasteiger partial charge in [0.15, 0.2) is 0 Å². The van der Waals surface area contributed by atoms with E-state index in [1.807, 2.05) is 6.92 Å². The Morgan fingerprint density at radius 1 is 1.46 bits per heavy atom. The molecular weight excluding hydrogens is 164 g/mol. The van der Waals surface area contributed by atoms with Crippen molar-refractivity contribution in [3.63, 3.8) is 0 Å². The van der Waals surface area contributed by atoms with Crippen LogP contribution in [0.4, 0.5) is 0 Å². The predicted octanol–water partition coefficient (Wildman–Crippen LogP) is 1.54. The van der Waals surface area contributed by atoms with Gasteiger partial charge in [-0.25, -0.2) is 9.97 Å². The van der Waals surface area contributed by atoms with Crippen molar-refractivity contribution in [2.24, 2.45) is 0 Å². The van der Waals surface area contributed by atoms with E-state index in [1.165, 1.54) is 19.3 Å². The van der Waals surface area contributed by atoms with Gasteiger partial charge < -0.3 is 5.11 Å². The van der Waals surface area contributed by atoms with Crippen molar-refractivity contribution < 1.29 is 5.11 Å². The summed E-state index contributed by atoms with van der Waals surface area (Å²) >= 11 is 0. The van der Waals surface area contributed by atoms with Crippen molar-refractivity contribution >= 4 is 0 Å². The second kappa shape index (κ2) is 3.42. The molecule has 0 bridgehead atoms. The summed E-state index contributed by atoms with van der Waals surface area (Å²) in [4.78, 5) is 8.32. The van der Waals surface area contributed by atoms with Gasteiger partial charge in [0.25, 0.3) is 0 Å². The Balaban J connectivity index is 2.33. The molecule has 0 unspecified atom stereocenters. The Bertz CT molecular complexity index is 308. The molecule has 0 aromatic carbocycles. The lowest BCUT2D eigenvalue weighted by Crippen LogP contribution is -2.14. The first kappa shape index (κ1) is 8.63. The van der Waals surface area contributed by atoms with E-state index in [0.717, 1.165) is 17.0 Å². The fraction of sp³-hybridized carbons (Fsp3) is 0.600. The Morgan fingerprint density at radius 3 is 2.77 bits per heavy atom. The molecule has 1 saturated carbocycles. The summed E-state index contributed by atoms with van der Waals surface area (Å²) in [7, 11) is 0. The number of nitrogens with zero attached hydrogens (tertiary/aromatic N) is 2. The van der Waals surface area contributed by atoms with Gasteiger partial charge in [-0.2, -0.15) is 0 Å². The van der Waals surface area contributed by atoms with Crippen LogP contribution in [0.25, 0.3) is 0 Å². The van der Waals surface area contributed by atoms with Crippen molar-refractivity contribution in [2.45, 2.75) is 38.7 Å². The van der Waals surface area contributed by atoms with Gasteiger partial charge in [0.05, 0.1) is 18.0 Å². The van der Waals surface area contributed by atoms with E-state index in [0.29, 0.717) is 5.92 Å². The van der Waals surface area contributed by atoms with Crippen LogP contribution < -0.4 is 0 Å². The highest BCUT2D eigenvalue weighted by Crippen LogP contribution is 2.36. The molecule has 0 saturated heterocycles. The topological polar surface area (TPSA) is 46.0 Å². The second-order valence-corrected chi connectivity index (χ2v) is 3.62. The number of hydrogen-bond acceptors (Lipinski definition) is 3. The Hall–Kier alpha value is -0.960. The number of rotatable bonds is 2. The molecule has 1 aromatic heterocycles. The smallest absolute Gasteiger partial charge is 0.116 e. The molecule has 1 N–H and O–H groups in total. The zero-order chi connectivity index (χ0) is 9.26. The summed E-state index contributed by atoms with van der Waals surface area (Å²) in [6.45, 7) is 2.02. The van der Waals surface area contributed by atoms with Crippen LogP contribution in [0.15, 0.2) is 6.33 Å². The van der Waals surface area contributed by atoms with Crippen LogP contribution >= 0.6 is 0 Å². The highest BCUT2D eigenvalue weighted by molar-refractivity contribution is 5.26. The molecule has 3 heteroatoms. The zero-order valence-corrected chi connectivity index (χ0v) is 7.82. The molecule has 0 amide bonds. The van der Waals surface area contributed by atoms with Crippen LogP contribution in [-0.2, 0) is 6.61 Å². The van der Waals surface area contributed by atoms with Crippen molar-refractivity contribution in [1.29, 1.82) is 0 Å². The molecular formula is C10H14N2O. The summed E-state index contributed by atoms with van der Waals surface area (Å²) < 4.78 is 0. The summed E-state index contributed by atoms with van der Waals surface area (Å²) in [5.41, 5.74) is 3.00. The van der Waals surface area contributed by atoms with E-state index in [-0.39, 0.29) is 6.61 Å². The minimum Gasteiger partial charge on any atom is -0.390 e. The van der Waals surface area contributed by atoms with Gasteiger partial charge in [0, 0.05) is 5.92 Å². The number of aromatic nitrogens is 2. The summed E-state index contributed by atoms with van der Waals surface area (Å²) in [5, 5.41) is 9.03. The summed E-state index contributed by atoms with van der Waals surface area (Å²) in [6.07, 6.45) is 5.35. The third kappa shape index (κ3) is 1.44. The van der Waals surface area contributed by atoms with E-state index in [9.17, 15) is 0 Å². The molecule has 3 nitrogen and oxygen atoms in total. The van der Waals surface area contributed by atoms with E-state index >= 15 is 0 Å². The monoisotopic (exact) mass is 178 g/mol. The van der Waals surface area contributed by atoms with Gasteiger partial charge in [-0.1, -0.05) is 6.42 Å². The van der Waals surface area contributed by atoms with Gasteiger partial charge in [0.1, 0.15) is 6.33 Å². The van der Waals surface area contributed by atoms with Crippen LogP contribution in [0.1, 0.15) is 42.1 Å². The van der Waals surface area contributed by atoms with Crippen LogP contribution in [0.2, 0.25) is 0 Å². The highest BCUT2D eigenvalue weighted by Gasteiger charge is 2.23. The van der Waals surface area contributed by atoms with Gasteiger partial charge in [-0.15, -0.1) is 0 Å². The molecule has 0 spiro atoms. The molecule has 1 aliphatic rings. The maximum atomic E-state index is 9.03. The third-order valence-corrected chi connectivity index (χ3v) is 2.87. The van der Waals surface area contributed by atoms with Crippen LogP contribution in [0.5, 0.6) is 0 Å². The van der Waals surface area contributed by atoms with E-state index in [1.54, 1.807) is 6.33 Å². The van der Waals surface area contributed by atoms with E-state index in [4.69, 9.17) is 5.11 Å². The van der Waals surface area contributed by atoms with Crippen LogP contribution in [-0.4, -0.2) is 15.1 Å². The van der Waals surface area contributed by atoms with Crippen molar-refractivity contribution in [1.82, 2.24) is 9.97 Å². The van der Waals surface area contributed by atoms with Gasteiger partial charge >= 0.3 is 0 Å². The molecule has 1 heterocycles. The first-order valence-electron chi connectivity index (χ1n) is 4.74. The molecule has 1 aliphatic carbocycles. The number of hydrogen-bond donors (Lipinski definition) is 1. The number of aliphatic hydroxyl groups is 1. The maximum absolute atomic E-state index is 9.03. The molecule has 0 atom stereocenters. The quantitative estimate of drug-likeness (QED) is 0.747. The van der Waals surface area contributed by atoms with Gasteiger partial charge in [-0.05, 0) is 25.3 Å². The van der Waals surface area contributed by atoms with Crippen molar-refractivity contribution in [2.75, 3.05) is 0 Å². The van der Waals surface area contributed by atoms with Crippen LogP contribution in [0.3, 0.4) is 0 Å². The molecule has 0 radical (unpaired) electrons. The molecule has 13 heavy (non-hydrogen) atoms. The minimum atomic E-state index is 0.0219. The second-order valence-electron chi connectivity index (χ2n) is 3.62. The Kier molecular flexibility index (Phi) is 2.27. The molecule has 70 valence electrons. The van der Waals surface area contributed by atoms with Crippen LogP contribution in [0, 0.1) is 6.92 Å². The van der Waals surface area contributed by atoms with E-state index in [2.05, 4.69) is 9.97 Å². The van der Waals surface area contributed by atoms with E-state index < -0.39 is 0 Å². The van der Waals surface area contributed by atoms with Crippen molar-refractivity contribution in [3.05, 3.63) is 23.3 Å².